The molecule has 0 aliphatic rings. The Morgan fingerprint density at radius 3 is 0.756 bits per heavy atom. The molecule has 0 bridgehead atoms. The van der Waals surface area contributed by atoms with Crippen LogP contribution in [0.15, 0.2) is 0 Å². The predicted molar refractivity (Wildman–Crippen MR) is 178 cm³/mol. The van der Waals surface area contributed by atoms with E-state index in [4.69, 9.17) is 24.5 Å². The summed E-state index contributed by atoms with van der Waals surface area (Å²) in [6.45, 7) is 17.3. The fraction of sp³-hybridized carbons (Fsp3) is 1.00. The average Bonchev–Trinajstić information content (AvgIpc) is 2.82. The molecular formula is C28H60O4P2S4Zn3. The monoisotopic (exact) mass is 842 g/mol. The molecule has 0 amide bonds. The van der Waals surface area contributed by atoms with Crippen LogP contribution < -0.4 is 19.6 Å². The maximum atomic E-state index is 11.8. The molecule has 0 saturated carbocycles. The van der Waals surface area contributed by atoms with Crippen molar-refractivity contribution in [1.29, 1.82) is 0 Å². The van der Waals surface area contributed by atoms with Crippen molar-refractivity contribution in [3.8, 4) is 0 Å². The van der Waals surface area contributed by atoms with Crippen molar-refractivity contribution >= 4 is 56.0 Å². The van der Waals surface area contributed by atoms with E-state index in [2.05, 4.69) is 55.4 Å². The van der Waals surface area contributed by atoms with Crippen molar-refractivity contribution in [3.05, 3.63) is 0 Å². The van der Waals surface area contributed by atoms with Gasteiger partial charge >= 0.3 is 58.4 Å². The molecule has 4 unspecified atom stereocenters. The molecule has 0 saturated heterocycles. The van der Waals surface area contributed by atoms with E-state index >= 15 is 0 Å². The molecule has 0 N–H and O–H groups in total. The molecule has 0 rings (SSSR count). The van der Waals surface area contributed by atoms with E-state index in [1.54, 1.807) is 0 Å². The summed E-state index contributed by atoms with van der Waals surface area (Å²) in [5, 5.41) is 0. The number of rotatable bonds is 20. The van der Waals surface area contributed by atoms with E-state index in [0.29, 0.717) is 23.7 Å². The molecule has 0 aliphatic heterocycles. The van der Waals surface area contributed by atoms with Crippen LogP contribution in [-0.2, 0) is 103 Å². The van der Waals surface area contributed by atoms with Gasteiger partial charge < -0.3 is 55.5 Å². The van der Waals surface area contributed by atoms with Crippen LogP contribution >= 0.6 is 11.4 Å². The summed E-state index contributed by atoms with van der Waals surface area (Å²) in [4.78, 5) is 47.2. The van der Waals surface area contributed by atoms with Crippen molar-refractivity contribution in [2.45, 2.75) is 132 Å². The predicted octanol–water partition coefficient (Wildman–Crippen LogP) is 6.40. The van der Waals surface area contributed by atoms with Crippen LogP contribution in [0.3, 0.4) is 0 Å². The smallest absolute Gasteiger partial charge is 0.854 e. The third-order valence-corrected chi connectivity index (χ3v) is 21.2. The van der Waals surface area contributed by atoms with Gasteiger partial charge in [-0.05, 0) is 72.4 Å². The van der Waals surface area contributed by atoms with Gasteiger partial charge in [-0.15, -0.1) is 0 Å². The molecule has 0 spiro atoms. The molecule has 0 aliphatic carbocycles. The van der Waals surface area contributed by atoms with Gasteiger partial charge in [-0.25, -0.2) is 20.1 Å². The van der Waals surface area contributed by atoms with E-state index in [-0.39, 0.29) is 58.4 Å². The van der Waals surface area contributed by atoms with E-state index in [9.17, 15) is 19.6 Å². The largest absolute Gasteiger partial charge is 2.00 e. The maximum Gasteiger partial charge on any atom is 2.00 e. The van der Waals surface area contributed by atoms with Gasteiger partial charge in [-0.2, -0.15) is 0 Å². The zero-order valence-corrected chi connectivity index (χ0v) is 41.9. The second-order valence-electron chi connectivity index (χ2n) is 11.5. The van der Waals surface area contributed by atoms with Gasteiger partial charge in [0, 0.05) is 0 Å². The van der Waals surface area contributed by atoms with Crippen molar-refractivity contribution in [2.24, 2.45) is 23.7 Å². The minimum Gasteiger partial charge on any atom is -0.854 e. The Morgan fingerprint density at radius 1 is 0.463 bits per heavy atom. The van der Waals surface area contributed by atoms with E-state index in [1.165, 1.54) is 51.4 Å². The summed E-state index contributed by atoms with van der Waals surface area (Å²) in [7, 11) is -1.19. The Hall–Kier alpha value is 3.97. The fourth-order valence-corrected chi connectivity index (χ4v) is 16.1. The second kappa shape index (κ2) is 32.5. The van der Waals surface area contributed by atoms with Crippen LogP contribution in [0.1, 0.15) is 132 Å². The van der Waals surface area contributed by atoms with Gasteiger partial charge in [-0.3, -0.25) is 0 Å². The van der Waals surface area contributed by atoms with Crippen molar-refractivity contribution < 1.29 is 78.0 Å². The molecule has 41 heavy (non-hydrogen) atoms. The number of hydrogen-bond acceptors (Lipinski definition) is 6. The Labute approximate surface area is 310 Å². The van der Waals surface area contributed by atoms with E-state index < -0.39 is 31.5 Å². The van der Waals surface area contributed by atoms with Gasteiger partial charge in [-0.1, -0.05) is 107 Å². The quantitative estimate of drug-likeness (QED) is 0.0802. The summed E-state index contributed by atoms with van der Waals surface area (Å²) in [6.07, 6.45) is 13.9. The normalized spacial score (nSPS) is 16.0. The minimum absolute atomic E-state index is 0. The minimum atomic E-state index is -3.59. The van der Waals surface area contributed by atoms with Crippen LogP contribution in [0.4, 0.5) is 0 Å². The van der Waals surface area contributed by atoms with Crippen molar-refractivity contribution in [2.75, 3.05) is 23.0 Å². The molecule has 4 atom stereocenters. The molecule has 0 heterocycles. The second-order valence-corrected chi connectivity index (χ2v) is 26.7. The van der Waals surface area contributed by atoms with Crippen LogP contribution in [0.5, 0.6) is 0 Å². The first-order valence-corrected chi connectivity index (χ1v) is 24.6. The summed E-state index contributed by atoms with van der Waals surface area (Å²) in [5.74, 6) is 5.03. The molecule has 0 fully saturated rings. The molecule has 0 aromatic heterocycles. The first-order chi connectivity index (χ1) is 17.6. The van der Waals surface area contributed by atoms with Crippen LogP contribution in [0, 0.1) is 23.7 Å². The van der Waals surface area contributed by atoms with Crippen LogP contribution in [0.2, 0.25) is 0 Å². The summed E-state index contributed by atoms with van der Waals surface area (Å²) < 4.78 is 0. The van der Waals surface area contributed by atoms with E-state index in [1.807, 2.05) is 0 Å². The van der Waals surface area contributed by atoms with Gasteiger partial charge in [0.2, 0.25) is 0 Å². The Bertz CT molecular complexity index is 599. The standard InChI is InChI=1S/2C14H30O2PS2.3Zn/c2*1-5-7-9-13(3)11-19(17(15,16)18)12-14(4)10-8-6-2;;;/h2*13-14H,5-12H2,1-4H3;;;/q2*-3;3*+2. The zero-order chi connectivity index (χ0) is 29.8. The molecule has 13 heteroatoms. The van der Waals surface area contributed by atoms with Gasteiger partial charge in [0.05, 0.1) is 0 Å². The number of hydrogen-bond donors (Lipinski definition) is 0. The molecule has 0 radical (unpaired) electrons. The molecular weight excluding hydrogens is 787 g/mol. The third kappa shape index (κ3) is 33.7. The summed E-state index contributed by atoms with van der Waals surface area (Å²) in [6, 6.07) is 0. The zero-order valence-electron chi connectivity index (χ0n) is 27.9. The third-order valence-electron chi connectivity index (χ3n) is 6.74. The van der Waals surface area contributed by atoms with Crippen LogP contribution in [0.25, 0.3) is 0 Å². The SMILES string of the molecule is CCCCC(C)CS(CC(C)CCCC)=P([O-])([O-])[S-].CCCCC(C)CS(CC(C)CCCC)=P([O-])([O-])[S-].[Zn+2].[Zn+2].[Zn+2]. The maximum absolute atomic E-state index is 11.8. The first kappa shape index (κ1) is 54.4. The topological polar surface area (TPSA) is 92.2 Å². The molecule has 0 aromatic carbocycles. The van der Waals surface area contributed by atoms with Gasteiger partial charge in [0.1, 0.15) is 0 Å². The number of unbranched alkanes of at least 4 members (excludes halogenated alkanes) is 4. The fourth-order valence-electron chi connectivity index (χ4n) is 4.36. The molecule has 236 valence electrons. The van der Waals surface area contributed by atoms with Crippen molar-refractivity contribution in [3.63, 3.8) is 0 Å². The Balaban J connectivity index is -0.000000196. The van der Waals surface area contributed by atoms with Crippen LogP contribution in [-0.4, -0.2) is 23.0 Å². The van der Waals surface area contributed by atoms with E-state index in [0.717, 1.165) is 48.7 Å². The summed E-state index contributed by atoms with van der Waals surface area (Å²) in [5.41, 5.74) is -7.17. The Kier molecular flexibility index (Phi) is 43.2. The average molecular weight is 847 g/mol. The molecule has 0 aromatic rings. The summed E-state index contributed by atoms with van der Waals surface area (Å²) >= 11 is 9.56. The van der Waals surface area contributed by atoms with Gasteiger partial charge in [0.25, 0.3) is 0 Å². The van der Waals surface area contributed by atoms with Gasteiger partial charge in [0.15, 0.2) is 0 Å². The first-order valence-electron chi connectivity index (χ1n) is 15.0. The molecule has 4 nitrogen and oxygen atoms in total. The Morgan fingerprint density at radius 2 is 0.634 bits per heavy atom. The van der Waals surface area contributed by atoms with Crippen molar-refractivity contribution in [1.82, 2.24) is 0 Å².